The first kappa shape index (κ1) is 8.74. The second kappa shape index (κ2) is 3.55. The molecule has 0 unspecified atom stereocenters. The molecule has 3 aliphatic heterocycles. The van der Waals surface area contributed by atoms with E-state index in [1.165, 1.54) is 0 Å². The molecule has 0 aromatic carbocycles. The van der Waals surface area contributed by atoms with Crippen LogP contribution in [0.3, 0.4) is 0 Å². The molecule has 0 aliphatic carbocycles. The summed E-state index contributed by atoms with van der Waals surface area (Å²) in [5.41, 5.74) is 0. The molecule has 0 saturated carbocycles. The van der Waals surface area contributed by atoms with Crippen LogP contribution in [0.1, 0.15) is 25.7 Å². The summed E-state index contributed by atoms with van der Waals surface area (Å²) < 4.78 is 17.2. The Labute approximate surface area is 84.0 Å². The SMILES string of the molecule is C1=CO[C@@H]2C[C@H]3OCCC[C@H]3O[C@@H]2C1. The van der Waals surface area contributed by atoms with Crippen LogP contribution in [0.2, 0.25) is 0 Å². The molecule has 4 atom stereocenters. The van der Waals surface area contributed by atoms with E-state index in [0.717, 1.165) is 32.3 Å². The molecule has 14 heavy (non-hydrogen) atoms. The van der Waals surface area contributed by atoms with Gasteiger partial charge >= 0.3 is 0 Å². The van der Waals surface area contributed by atoms with E-state index in [2.05, 4.69) is 0 Å². The molecule has 0 radical (unpaired) electrons. The predicted molar refractivity (Wildman–Crippen MR) is 50.9 cm³/mol. The molecule has 2 fully saturated rings. The van der Waals surface area contributed by atoms with Crippen molar-refractivity contribution in [3.05, 3.63) is 12.3 Å². The van der Waals surface area contributed by atoms with Gasteiger partial charge in [0.05, 0.1) is 24.6 Å². The summed E-state index contributed by atoms with van der Waals surface area (Å²) in [5, 5.41) is 0. The second-order valence-corrected chi connectivity index (χ2v) is 4.28. The Morgan fingerprint density at radius 1 is 1.07 bits per heavy atom. The Kier molecular flexibility index (Phi) is 2.22. The zero-order valence-corrected chi connectivity index (χ0v) is 8.22. The number of ether oxygens (including phenoxy) is 3. The Morgan fingerprint density at radius 3 is 3.07 bits per heavy atom. The highest BCUT2D eigenvalue weighted by Gasteiger charge is 2.41. The van der Waals surface area contributed by atoms with Crippen molar-refractivity contribution in [2.24, 2.45) is 0 Å². The molecule has 0 aromatic rings. The van der Waals surface area contributed by atoms with Gasteiger partial charge in [-0.05, 0) is 25.3 Å². The van der Waals surface area contributed by atoms with Gasteiger partial charge in [-0.1, -0.05) is 0 Å². The van der Waals surface area contributed by atoms with Crippen molar-refractivity contribution in [2.75, 3.05) is 6.61 Å². The quantitative estimate of drug-likeness (QED) is 0.589. The molecule has 3 aliphatic rings. The second-order valence-electron chi connectivity index (χ2n) is 4.28. The van der Waals surface area contributed by atoms with Crippen LogP contribution in [0.25, 0.3) is 0 Å². The Hall–Kier alpha value is -0.540. The molecular weight excluding hydrogens is 180 g/mol. The number of rotatable bonds is 0. The lowest BCUT2D eigenvalue weighted by molar-refractivity contribution is -0.205. The molecular formula is C11H16O3. The van der Waals surface area contributed by atoms with E-state index in [1.807, 2.05) is 6.08 Å². The van der Waals surface area contributed by atoms with Crippen molar-refractivity contribution in [1.29, 1.82) is 0 Å². The molecule has 78 valence electrons. The first-order valence-electron chi connectivity index (χ1n) is 5.51. The van der Waals surface area contributed by atoms with Crippen LogP contribution in [0.15, 0.2) is 12.3 Å². The summed E-state index contributed by atoms with van der Waals surface area (Å²) in [4.78, 5) is 0. The number of hydrogen-bond acceptors (Lipinski definition) is 3. The minimum Gasteiger partial charge on any atom is -0.496 e. The molecule has 0 amide bonds. The lowest BCUT2D eigenvalue weighted by Gasteiger charge is -2.43. The van der Waals surface area contributed by atoms with Crippen molar-refractivity contribution in [3.63, 3.8) is 0 Å². The minimum atomic E-state index is 0.222. The van der Waals surface area contributed by atoms with Gasteiger partial charge in [0, 0.05) is 13.0 Å². The molecule has 2 saturated heterocycles. The normalized spacial score (nSPS) is 46.3. The summed E-state index contributed by atoms with van der Waals surface area (Å²) in [6, 6.07) is 0. The highest BCUT2D eigenvalue weighted by atomic mass is 16.6. The van der Waals surface area contributed by atoms with Gasteiger partial charge in [-0.3, -0.25) is 0 Å². The van der Waals surface area contributed by atoms with E-state index in [1.54, 1.807) is 6.26 Å². The smallest absolute Gasteiger partial charge is 0.127 e. The van der Waals surface area contributed by atoms with E-state index in [0.29, 0.717) is 6.10 Å². The molecule has 0 aromatic heterocycles. The highest BCUT2D eigenvalue weighted by molar-refractivity contribution is 4.96. The van der Waals surface area contributed by atoms with E-state index in [9.17, 15) is 0 Å². The zero-order valence-electron chi connectivity index (χ0n) is 8.22. The maximum absolute atomic E-state index is 5.99. The summed E-state index contributed by atoms with van der Waals surface area (Å²) in [5.74, 6) is 0. The first-order chi connectivity index (χ1) is 6.93. The van der Waals surface area contributed by atoms with Gasteiger partial charge < -0.3 is 14.2 Å². The first-order valence-corrected chi connectivity index (χ1v) is 5.51. The average molecular weight is 196 g/mol. The molecule has 0 N–H and O–H groups in total. The average Bonchev–Trinajstić information content (AvgIpc) is 2.26. The standard InChI is InChI=1S/C11H16O3/c1-3-8-10(12-5-1)7-11-9(14-8)4-2-6-13-11/h1,5,8-11H,2-4,6-7H2/t8-,9-,10-,11-/m1/s1. The van der Waals surface area contributed by atoms with E-state index < -0.39 is 0 Å². The van der Waals surface area contributed by atoms with Gasteiger partial charge in [0.2, 0.25) is 0 Å². The van der Waals surface area contributed by atoms with Crippen LogP contribution in [-0.2, 0) is 14.2 Å². The molecule has 3 heterocycles. The van der Waals surface area contributed by atoms with E-state index >= 15 is 0 Å². The Bertz CT molecular complexity index is 215. The fourth-order valence-electron chi connectivity index (χ4n) is 2.58. The summed E-state index contributed by atoms with van der Waals surface area (Å²) in [6.45, 7) is 0.887. The summed E-state index contributed by atoms with van der Waals surface area (Å²) >= 11 is 0. The van der Waals surface area contributed by atoms with Gasteiger partial charge in [0.1, 0.15) is 6.10 Å². The lowest BCUT2D eigenvalue weighted by Crippen LogP contribution is -2.51. The lowest BCUT2D eigenvalue weighted by atomic mass is 9.92. The van der Waals surface area contributed by atoms with Crippen molar-refractivity contribution in [2.45, 2.75) is 50.1 Å². The molecule has 3 rings (SSSR count). The van der Waals surface area contributed by atoms with Gasteiger partial charge in [-0.25, -0.2) is 0 Å². The Balaban J connectivity index is 1.72. The molecule has 0 spiro atoms. The Morgan fingerprint density at radius 2 is 2.07 bits per heavy atom. The van der Waals surface area contributed by atoms with Crippen molar-refractivity contribution in [3.8, 4) is 0 Å². The molecule has 0 bridgehead atoms. The number of hydrogen-bond donors (Lipinski definition) is 0. The summed E-state index contributed by atoms with van der Waals surface area (Å²) in [7, 11) is 0. The topological polar surface area (TPSA) is 27.7 Å². The molecule has 3 nitrogen and oxygen atoms in total. The monoisotopic (exact) mass is 196 g/mol. The van der Waals surface area contributed by atoms with Gasteiger partial charge in [-0.15, -0.1) is 0 Å². The van der Waals surface area contributed by atoms with Gasteiger partial charge in [-0.2, -0.15) is 0 Å². The third kappa shape index (κ3) is 1.44. The summed E-state index contributed by atoms with van der Waals surface area (Å²) in [6.07, 6.45) is 9.21. The van der Waals surface area contributed by atoms with Crippen LogP contribution >= 0.6 is 0 Å². The fourth-order valence-corrected chi connectivity index (χ4v) is 2.58. The van der Waals surface area contributed by atoms with E-state index in [4.69, 9.17) is 14.2 Å². The maximum atomic E-state index is 5.99. The van der Waals surface area contributed by atoms with Gasteiger partial charge in [0.15, 0.2) is 0 Å². The molecule has 3 heteroatoms. The van der Waals surface area contributed by atoms with Gasteiger partial charge in [0.25, 0.3) is 0 Å². The fraction of sp³-hybridized carbons (Fsp3) is 0.818. The maximum Gasteiger partial charge on any atom is 0.127 e. The zero-order chi connectivity index (χ0) is 9.38. The van der Waals surface area contributed by atoms with Crippen LogP contribution in [0.5, 0.6) is 0 Å². The van der Waals surface area contributed by atoms with Crippen LogP contribution < -0.4 is 0 Å². The van der Waals surface area contributed by atoms with Crippen molar-refractivity contribution >= 4 is 0 Å². The van der Waals surface area contributed by atoms with Crippen LogP contribution in [0, 0.1) is 0 Å². The van der Waals surface area contributed by atoms with E-state index in [-0.39, 0.29) is 18.3 Å². The minimum absolute atomic E-state index is 0.222. The largest absolute Gasteiger partial charge is 0.496 e. The van der Waals surface area contributed by atoms with Crippen molar-refractivity contribution in [1.82, 2.24) is 0 Å². The highest BCUT2D eigenvalue weighted by Crippen LogP contribution is 2.33. The van der Waals surface area contributed by atoms with Crippen LogP contribution in [0.4, 0.5) is 0 Å². The third-order valence-corrected chi connectivity index (χ3v) is 3.33. The predicted octanol–water partition coefficient (Wildman–Crippen LogP) is 1.63. The third-order valence-electron chi connectivity index (χ3n) is 3.33. The van der Waals surface area contributed by atoms with Crippen molar-refractivity contribution < 1.29 is 14.2 Å². The van der Waals surface area contributed by atoms with Crippen LogP contribution in [-0.4, -0.2) is 31.0 Å². The number of fused-ring (bicyclic) bond motifs is 2.